The third-order valence-electron chi connectivity index (χ3n) is 15.5. The van der Waals surface area contributed by atoms with Gasteiger partial charge in [0, 0.05) is 12.8 Å². The van der Waals surface area contributed by atoms with Crippen molar-refractivity contribution in [3.8, 4) is 0 Å². The first-order chi connectivity index (χ1) is 37.6. The molecule has 0 saturated heterocycles. The molecule has 0 amide bonds. The first kappa shape index (κ1) is 75.0. The summed E-state index contributed by atoms with van der Waals surface area (Å²) in [6.07, 6.45) is 68.8. The number of nitrogens with zero attached hydrogens (tertiary/aromatic N) is 1. The molecule has 0 heterocycles. The van der Waals surface area contributed by atoms with Gasteiger partial charge in [0.15, 0.2) is 12.4 Å². The van der Waals surface area contributed by atoms with Gasteiger partial charge in [0.2, 0.25) is 0 Å². The third kappa shape index (κ3) is 61.5. The molecular weight excluding hydrogens is 959 g/mol. The minimum atomic E-state index is -1.62. The lowest BCUT2D eigenvalue weighted by Gasteiger charge is -2.26. The van der Waals surface area contributed by atoms with Crippen molar-refractivity contribution in [1.82, 2.24) is 0 Å². The van der Waals surface area contributed by atoms with Crippen LogP contribution in [-0.2, 0) is 33.3 Å². The number of carboxylic acid groups (broad SMARTS) is 1. The van der Waals surface area contributed by atoms with Gasteiger partial charge in [0.25, 0.3) is 0 Å². The Hall–Kier alpha value is -1.97. The van der Waals surface area contributed by atoms with Crippen molar-refractivity contribution in [2.45, 2.75) is 360 Å². The van der Waals surface area contributed by atoms with Crippen molar-refractivity contribution >= 4 is 17.9 Å². The molecule has 0 aliphatic heterocycles. The van der Waals surface area contributed by atoms with Crippen molar-refractivity contribution in [1.29, 1.82) is 0 Å². The molecule has 0 fully saturated rings. The van der Waals surface area contributed by atoms with Crippen molar-refractivity contribution in [3.63, 3.8) is 0 Å². The van der Waals surface area contributed by atoms with Crippen LogP contribution in [0.4, 0.5) is 0 Å². The lowest BCUT2D eigenvalue weighted by atomic mass is 10.0. The molecule has 9 heteroatoms. The van der Waals surface area contributed by atoms with E-state index >= 15 is 0 Å². The molecule has 0 N–H and O–H groups in total. The molecule has 0 aromatic carbocycles. The number of hydrogen-bond donors (Lipinski definition) is 0. The first-order valence-corrected chi connectivity index (χ1v) is 33.8. The number of quaternary nitrogens is 1. The monoisotopic (exact) mass is 1090 g/mol. The number of aliphatic carboxylic acids is 1. The van der Waals surface area contributed by atoms with E-state index in [0.29, 0.717) is 23.9 Å². The van der Waals surface area contributed by atoms with Crippen LogP contribution < -0.4 is 5.11 Å². The second kappa shape index (κ2) is 60.1. The normalized spacial score (nSPS) is 12.7. The van der Waals surface area contributed by atoms with Crippen molar-refractivity contribution < 1.29 is 42.9 Å². The number of carbonyl (C=O) groups is 3. The summed E-state index contributed by atoms with van der Waals surface area (Å²) in [7, 11) is 5.94. The van der Waals surface area contributed by atoms with E-state index < -0.39 is 24.3 Å². The molecule has 2 unspecified atom stereocenters. The van der Waals surface area contributed by atoms with E-state index in [0.717, 1.165) is 44.9 Å². The highest BCUT2D eigenvalue weighted by molar-refractivity contribution is 5.70. The standard InChI is InChI=1S/C68H131NO8/c1-6-8-10-12-14-16-18-20-22-24-25-26-27-28-29-30-31-32-33-34-35-36-37-38-39-40-41-43-44-46-48-50-52-54-56-58-65(70)75-62-64(63-76-68(67(72)73)74-61-60-69(3,4)5)77-66(71)59-57-55-53-51-49-47-45-42-23-21-19-17-15-13-11-9-7-2/h21,23,64,68H,6-20,22,24-63H2,1-5H3/b23-21-. The van der Waals surface area contributed by atoms with E-state index in [9.17, 15) is 19.5 Å². The van der Waals surface area contributed by atoms with Gasteiger partial charge in [-0.3, -0.25) is 9.59 Å². The van der Waals surface area contributed by atoms with Gasteiger partial charge < -0.3 is 33.3 Å². The highest BCUT2D eigenvalue weighted by Crippen LogP contribution is 2.19. The lowest BCUT2D eigenvalue weighted by Crippen LogP contribution is -2.44. The van der Waals surface area contributed by atoms with Crippen LogP contribution in [0.5, 0.6) is 0 Å². The van der Waals surface area contributed by atoms with Gasteiger partial charge in [-0.2, -0.15) is 0 Å². The Balaban J connectivity index is 3.97. The Morgan fingerprint density at radius 2 is 0.662 bits per heavy atom. The van der Waals surface area contributed by atoms with Crippen LogP contribution in [0.3, 0.4) is 0 Å². The van der Waals surface area contributed by atoms with Crippen LogP contribution in [0.25, 0.3) is 0 Å². The number of hydrogen-bond acceptors (Lipinski definition) is 8. The highest BCUT2D eigenvalue weighted by Gasteiger charge is 2.22. The van der Waals surface area contributed by atoms with Gasteiger partial charge >= 0.3 is 11.9 Å². The van der Waals surface area contributed by atoms with E-state index in [1.54, 1.807) is 0 Å². The molecule has 456 valence electrons. The Kier molecular flexibility index (Phi) is 58.6. The van der Waals surface area contributed by atoms with Crippen molar-refractivity contribution in [3.05, 3.63) is 12.2 Å². The number of ether oxygens (including phenoxy) is 4. The molecular formula is C68H131NO8. The minimum Gasteiger partial charge on any atom is -0.545 e. The minimum absolute atomic E-state index is 0.151. The fourth-order valence-corrected chi connectivity index (χ4v) is 10.3. The summed E-state index contributed by atoms with van der Waals surface area (Å²) < 4.78 is 22.8. The Labute approximate surface area is 478 Å². The summed E-state index contributed by atoms with van der Waals surface area (Å²) in [6.45, 7) is 4.80. The zero-order valence-corrected chi connectivity index (χ0v) is 52.1. The summed E-state index contributed by atoms with van der Waals surface area (Å²) in [5.74, 6) is -2.26. The highest BCUT2D eigenvalue weighted by atomic mass is 16.7. The molecule has 0 aliphatic carbocycles. The van der Waals surface area contributed by atoms with Gasteiger partial charge in [0.1, 0.15) is 13.2 Å². The predicted molar refractivity (Wildman–Crippen MR) is 325 cm³/mol. The number of rotatable bonds is 64. The van der Waals surface area contributed by atoms with E-state index in [-0.39, 0.29) is 32.2 Å². The van der Waals surface area contributed by atoms with Crippen LogP contribution in [0.1, 0.15) is 348 Å². The van der Waals surface area contributed by atoms with E-state index in [4.69, 9.17) is 18.9 Å². The van der Waals surface area contributed by atoms with Crippen LogP contribution in [0.15, 0.2) is 12.2 Å². The van der Waals surface area contributed by atoms with Crippen molar-refractivity contribution in [2.24, 2.45) is 0 Å². The average molecular weight is 1090 g/mol. The fourth-order valence-electron chi connectivity index (χ4n) is 10.3. The van der Waals surface area contributed by atoms with E-state index in [2.05, 4.69) is 26.0 Å². The van der Waals surface area contributed by atoms with E-state index in [1.165, 1.54) is 270 Å². The fraction of sp³-hybridized carbons (Fsp3) is 0.926. The second-order valence-corrected chi connectivity index (χ2v) is 24.5. The van der Waals surface area contributed by atoms with Crippen LogP contribution >= 0.6 is 0 Å². The maximum Gasteiger partial charge on any atom is 0.306 e. The predicted octanol–water partition coefficient (Wildman–Crippen LogP) is 19.1. The van der Waals surface area contributed by atoms with Gasteiger partial charge in [-0.15, -0.1) is 0 Å². The molecule has 9 nitrogen and oxygen atoms in total. The number of carbonyl (C=O) groups excluding carboxylic acids is 3. The quantitative estimate of drug-likeness (QED) is 0.0195. The zero-order chi connectivity index (χ0) is 56.2. The largest absolute Gasteiger partial charge is 0.545 e. The molecule has 0 aromatic heterocycles. The number of likely N-dealkylation sites (N-methyl/N-ethyl adjacent to an activating group) is 1. The van der Waals surface area contributed by atoms with Gasteiger partial charge in [0.05, 0.1) is 40.3 Å². The van der Waals surface area contributed by atoms with Crippen LogP contribution in [0, 0.1) is 0 Å². The number of unbranched alkanes of at least 4 members (excludes halogenated alkanes) is 47. The molecule has 77 heavy (non-hydrogen) atoms. The topological polar surface area (TPSA) is 111 Å². The van der Waals surface area contributed by atoms with Gasteiger partial charge in [-0.1, -0.05) is 309 Å². The Morgan fingerprint density at radius 3 is 0.961 bits per heavy atom. The maximum atomic E-state index is 12.9. The molecule has 0 aliphatic rings. The lowest BCUT2D eigenvalue weighted by molar-refractivity contribution is -0.870. The number of esters is 2. The molecule has 0 aromatic rings. The zero-order valence-electron chi connectivity index (χ0n) is 52.1. The second-order valence-electron chi connectivity index (χ2n) is 24.5. The van der Waals surface area contributed by atoms with Crippen molar-refractivity contribution in [2.75, 3.05) is 47.5 Å². The summed E-state index contributed by atoms with van der Waals surface area (Å²) in [4.78, 5) is 37.4. The van der Waals surface area contributed by atoms with Gasteiger partial charge in [-0.25, -0.2) is 0 Å². The number of allylic oxidation sites excluding steroid dienone is 2. The molecule has 2 atom stereocenters. The van der Waals surface area contributed by atoms with Crippen LogP contribution in [0.2, 0.25) is 0 Å². The first-order valence-electron chi connectivity index (χ1n) is 33.8. The molecule has 0 spiro atoms. The van der Waals surface area contributed by atoms with Gasteiger partial charge in [-0.05, 0) is 38.5 Å². The molecule has 0 saturated carbocycles. The van der Waals surface area contributed by atoms with Crippen LogP contribution in [-0.4, -0.2) is 82.3 Å². The summed E-state index contributed by atoms with van der Waals surface area (Å²) in [5, 5.41) is 11.8. The summed E-state index contributed by atoms with van der Waals surface area (Å²) in [6, 6.07) is 0. The Morgan fingerprint density at radius 1 is 0.377 bits per heavy atom. The smallest absolute Gasteiger partial charge is 0.306 e. The molecule has 0 rings (SSSR count). The summed E-state index contributed by atoms with van der Waals surface area (Å²) in [5.41, 5.74) is 0. The van der Waals surface area contributed by atoms with E-state index in [1.807, 2.05) is 21.1 Å². The molecule has 0 radical (unpaired) electrons. The Bertz CT molecular complexity index is 1270. The number of carboxylic acids is 1. The maximum absolute atomic E-state index is 12.9. The average Bonchev–Trinajstić information content (AvgIpc) is 3.40. The third-order valence-corrected chi connectivity index (χ3v) is 15.5. The summed E-state index contributed by atoms with van der Waals surface area (Å²) >= 11 is 0. The molecule has 0 bridgehead atoms. The SMILES string of the molecule is CCCCCCCC/C=C\CCCCCCCCCC(=O)OC(COC(=O)CCCCCCCCCCCCCCCCCCCCCCCCCCCCCCCCCCCCC)COC(OCC[N+](C)(C)C)C(=O)[O-].